The van der Waals surface area contributed by atoms with Crippen LogP contribution < -0.4 is 10.0 Å². The highest BCUT2D eigenvalue weighted by molar-refractivity contribution is 7.92. The first-order valence-corrected chi connectivity index (χ1v) is 7.90. The van der Waals surface area contributed by atoms with Gasteiger partial charge in [0.2, 0.25) is 0 Å². The molecule has 106 valence electrons. The Morgan fingerprint density at radius 2 is 2.15 bits per heavy atom. The molecule has 3 rings (SSSR count). The van der Waals surface area contributed by atoms with Crippen molar-refractivity contribution in [2.75, 3.05) is 11.3 Å². The molecule has 0 aliphatic carbocycles. The first-order chi connectivity index (χ1) is 9.56. The van der Waals surface area contributed by atoms with E-state index >= 15 is 0 Å². The second kappa shape index (κ2) is 4.92. The number of sulfonamides is 1. The molecule has 3 N–H and O–H groups in total. The molecule has 0 fully saturated rings. The van der Waals surface area contributed by atoms with Crippen LogP contribution in [-0.2, 0) is 23.0 Å². The molecule has 7 heteroatoms. The van der Waals surface area contributed by atoms with E-state index in [1.54, 1.807) is 13.0 Å². The second-order valence-corrected chi connectivity index (χ2v) is 6.53. The smallest absolute Gasteiger partial charge is 0.265 e. The van der Waals surface area contributed by atoms with Crippen LogP contribution in [0, 0.1) is 6.92 Å². The van der Waals surface area contributed by atoms with Crippen molar-refractivity contribution in [3.63, 3.8) is 0 Å². The molecule has 0 amide bonds. The summed E-state index contributed by atoms with van der Waals surface area (Å²) < 4.78 is 27.1. The molecular formula is C13H16N4O2S. The van der Waals surface area contributed by atoms with E-state index in [0.29, 0.717) is 11.4 Å². The Kier molecular flexibility index (Phi) is 3.23. The number of aromatic nitrogens is 2. The Bertz CT molecular complexity index is 737. The number of nitrogens with one attached hydrogen (secondary N) is 3. The highest BCUT2D eigenvalue weighted by atomic mass is 32.2. The Labute approximate surface area is 117 Å². The molecule has 0 unspecified atom stereocenters. The Morgan fingerprint density at radius 1 is 1.30 bits per heavy atom. The first kappa shape index (κ1) is 13.1. The number of hydrogen-bond acceptors (Lipinski definition) is 4. The van der Waals surface area contributed by atoms with Gasteiger partial charge in [0.25, 0.3) is 10.0 Å². The summed E-state index contributed by atoms with van der Waals surface area (Å²) >= 11 is 0. The molecule has 1 aromatic heterocycles. The summed E-state index contributed by atoms with van der Waals surface area (Å²) in [4.78, 5) is 0.174. The van der Waals surface area contributed by atoms with Crippen LogP contribution in [0.5, 0.6) is 0 Å². The molecule has 0 saturated carbocycles. The molecule has 2 aromatic rings. The monoisotopic (exact) mass is 292 g/mol. The van der Waals surface area contributed by atoms with Gasteiger partial charge in [-0.25, -0.2) is 8.42 Å². The lowest BCUT2D eigenvalue weighted by atomic mass is 10.0. The molecule has 0 spiro atoms. The topological polar surface area (TPSA) is 86.9 Å². The summed E-state index contributed by atoms with van der Waals surface area (Å²) in [6.07, 6.45) is 2.29. The van der Waals surface area contributed by atoms with E-state index in [1.807, 2.05) is 12.1 Å². The lowest BCUT2D eigenvalue weighted by Gasteiger charge is -2.18. The maximum Gasteiger partial charge on any atom is 0.265 e. The molecule has 1 aliphatic rings. The van der Waals surface area contributed by atoms with E-state index in [9.17, 15) is 8.42 Å². The molecule has 1 aliphatic heterocycles. The van der Waals surface area contributed by atoms with Crippen molar-refractivity contribution in [2.24, 2.45) is 0 Å². The van der Waals surface area contributed by atoms with E-state index < -0.39 is 10.0 Å². The third kappa shape index (κ3) is 2.41. The van der Waals surface area contributed by atoms with Crippen molar-refractivity contribution in [2.45, 2.75) is 24.8 Å². The number of anilines is 1. The second-order valence-electron chi connectivity index (χ2n) is 4.88. The van der Waals surface area contributed by atoms with Gasteiger partial charge in [-0.1, -0.05) is 6.07 Å². The van der Waals surface area contributed by atoms with Gasteiger partial charge >= 0.3 is 0 Å². The minimum atomic E-state index is -3.59. The van der Waals surface area contributed by atoms with Gasteiger partial charge in [-0.2, -0.15) is 5.10 Å². The number of hydrogen-bond donors (Lipinski definition) is 3. The predicted molar refractivity (Wildman–Crippen MR) is 76.0 cm³/mol. The lowest BCUT2D eigenvalue weighted by Crippen LogP contribution is -2.23. The number of rotatable bonds is 3. The van der Waals surface area contributed by atoms with Gasteiger partial charge in [-0.05, 0) is 43.1 Å². The molecule has 1 aromatic carbocycles. The van der Waals surface area contributed by atoms with E-state index in [-0.39, 0.29) is 4.90 Å². The van der Waals surface area contributed by atoms with Crippen LogP contribution in [0.2, 0.25) is 0 Å². The minimum absolute atomic E-state index is 0.174. The fourth-order valence-corrected chi connectivity index (χ4v) is 3.55. The van der Waals surface area contributed by atoms with E-state index in [1.165, 1.54) is 11.8 Å². The SMILES string of the molecule is Cc1[nH]ncc1S(=O)(=O)Nc1ccc2c(c1)CNCC2. The number of aryl methyl sites for hydroxylation is 1. The average molecular weight is 292 g/mol. The van der Waals surface area contributed by atoms with Crippen LogP contribution in [-0.4, -0.2) is 25.2 Å². The summed E-state index contributed by atoms with van der Waals surface area (Å²) in [6.45, 7) is 3.42. The maximum atomic E-state index is 12.3. The highest BCUT2D eigenvalue weighted by Gasteiger charge is 2.19. The summed E-state index contributed by atoms with van der Waals surface area (Å²) in [5, 5.41) is 9.65. The Morgan fingerprint density at radius 3 is 2.90 bits per heavy atom. The van der Waals surface area contributed by atoms with Crippen LogP contribution in [0.4, 0.5) is 5.69 Å². The van der Waals surface area contributed by atoms with Crippen LogP contribution >= 0.6 is 0 Å². The predicted octanol–water partition coefficient (Wildman–Crippen LogP) is 1.16. The molecule has 0 radical (unpaired) electrons. The lowest BCUT2D eigenvalue weighted by molar-refractivity contribution is 0.600. The third-order valence-electron chi connectivity index (χ3n) is 3.42. The van der Waals surface area contributed by atoms with Gasteiger partial charge in [-0.3, -0.25) is 9.82 Å². The summed E-state index contributed by atoms with van der Waals surface area (Å²) in [6, 6.07) is 5.67. The van der Waals surface area contributed by atoms with Gasteiger partial charge in [-0.15, -0.1) is 0 Å². The summed E-state index contributed by atoms with van der Waals surface area (Å²) in [5.74, 6) is 0. The molecule has 0 saturated heterocycles. The normalized spacial score (nSPS) is 14.8. The molecular weight excluding hydrogens is 276 g/mol. The van der Waals surface area contributed by atoms with Gasteiger partial charge in [0.15, 0.2) is 0 Å². The molecule has 0 atom stereocenters. The maximum absolute atomic E-state index is 12.3. The highest BCUT2D eigenvalue weighted by Crippen LogP contribution is 2.22. The molecule has 0 bridgehead atoms. The molecule has 6 nitrogen and oxygen atoms in total. The molecule has 20 heavy (non-hydrogen) atoms. The quantitative estimate of drug-likeness (QED) is 0.792. The average Bonchev–Trinajstić information content (AvgIpc) is 2.85. The van der Waals surface area contributed by atoms with Crippen LogP contribution in [0.25, 0.3) is 0 Å². The van der Waals surface area contributed by atoms with Gasteiger partial charge in [0.1, 0.15) is 4.90 Å². The molecule has 2 heterocycles. The zero-order valence-corrected chi connectivity index (χ0v) is 11.9. The zero-order chi connectivity index (χ0) is 14.2. The van der Waals surface area contributed by atoms with Gasteiger partial charge in [0, 0.05) is 12.2 Å². The van der Waals surface area contributed by atoms with Crippen molar-refractivity contribution >= 4 is 15.7 Å². The first-order valence-electron chi connectivity index (χ1n) is 6.41. The summed E-state index contributed by atoms with van der Waals surface area (Å²) in [5.41, 5.74) is 3.51. The van der Waals surface area contributed by atoms with Crippen molar-refractivity contribution < 1.29 is 8.42 Å². The van der Waals surface area contributed by atoms with Crippen molar-refractivity contribution in [1.29, 1.82) is 0 Å². The van der Waals surface area contributed by atoms with Crippen molar-refractivity contribution in [1.82, 2.24) is 15.5 Å². The third-order valence-corrected chi connectivity index (χ3v) is 4.91. The summed E-state index contributed by atoms with van der Waals surface area (Å²) in [7, 11) is -3.59. The largest absolute Gasteiger partial charge is 0.312 e. The standard InChI is InChI=1S/C13H16N4O2S/c1-9-13(8-15-16-9)20(18,19)17-12-3-2-10-4-5-14-7-11(10)6-12/h2-3,6,8,14,17H,4-5,7H2,1H3,(H,15,16). The number of benzene rings is 1. The minimum Gasteiger partial charge on any atom is -0.312 e. The van der Waals surface area contributed by atoms with E-state index in [0.717, 1.165) is 25.1 Å². The number of aromatic amines is 1. The number of nitrogens with zero attached hydrogens (tertiary/aromatic N) is 1. The van der Waals surface area contributed by atoms with Crippen molar-refractivity contribution in [3.05, 3.63) is 41.2 Å². The number of fused-ring (bicyclic) bond motifs is 1. The van der Waals surface area contributed by atoms with Crippen LogP contribution in [0.1, 0.15) is 16.8 Å². The van der Waals surface area contributed by atoms with E-state index in [2.05, 4.69) is 20.2 Å². The van der Waals surface area contributed by atoms with Gasteiger partial charge in [0.05, 0.1) is 11.9 Å². The fourth-order valence-electron chi connectivity index (χ4n) is 2.36. The van der Waals surface area contributed by atoms with E-state index in [4.69, 9.17) is 0 Å². The Hall–Kier alpha value is -1.86. The number of H-pyrrole nitrogens is 1. The van der Waals surface area contributed by atoms with Gasteiger partial charge < -0.3 is 5.32 Å². The van der Waals surface area contributed by atoms with Crippen LogP contribution in [0.15, 0.2) is 29.3 Å². The van der Waals surface area contributed by atoms with Crippen LogP contribution in [0.3, 0.4) is 0 Å². The zero-order valence-electron chi connectivity index (χ0n) is 11.1. The Balaban J connectivity index is 1.90. The van der Waals surface area contributed by atoms with Crippen molar-refractivity contribution in [3.8, 4) is 0 Å². The fraction of sp³-hybridized carbons (Fsp3) is 0.308.